The van der Waals surface area contributed by atoms with Crippen molar-refractivity contribution < 1.29 is 28.6 Å². The molecule has 7 rings (SSSR count). The maximum absolute atomic E-state index is 14.9. The Morgan fingerprint density at radius 1 is 0.744 bits per heavy atom. The Hall–Kier alpha value is -5.17. The predicted molar refractivity (Wildman–Crippen MR) is 163 cm³/mol. The van der Waals surface area contributed by atoms with Crippen LogP contribution in [0.25, 0.3) is 6.08 Å². The number of Topliss-reactive ketones (excluding diaryl/α,β-unsaturated/α-hetero) is 3. The number of anilines is 1. The number of hydrogen-bond acceptors (Lipinski definition) is 7. The molecule has 3 atom stereocenters. The maximum atomic E-state index is 14.9. The fourth-order valence-corrected chi connectivity index (χ4v) is 7.29. The molecule has 0 unspecified atom stereocenters. The van der Waals surface area contributed by atoms with E-state index >= 15 is 0 Å². The minimum absolute atomic E-state index is 0.239. The Morgan fingerprint density at radius 3 is 2.12 bits per heavy atom. The monoisotopic (exact) mass is 571 g/mol. The molecule has 1 spiro atoms. The van der Waals surface area contributed by atoms with Crippen molar-refractivity contribution in [3.8, 4) is 17.2 Å². The normalized spacial score (nSPS) is 20.9. The smallest absolute Gasteiger partial charge is 0.186 e. The van der Waals surface area contributed by atoms with Crippen LogP contribution in [0, 0.1) is 5.41 Å². The average molecular weight is 572 g/mol. The molecule has 4 aromatic rings. The highest BCUT2D eigenvalue weighted by Crippen LogP contribution is 2.62. The summed E-state index contributed by atoms with van der Waals surface area (Å²) in [5.41, 5.74) is 1.71. The third kappa shape index (κ3) is 3.64. The number of ether oxygens (including phenoxy) is 3. The van der Waals surface area contributed by atoms with E-state index < -0.39 is 23.4 Å². The van der Waals surface area contributed by atoms with Gasteiger partial charge in [-0.25, -0.2) is 0 Å². The SMILES string of the molecule is COc1cccc(C(=O)[C@@H]2[C@@H](c3cc(OC)ccc3OC)C3(C(=O)c4ccccc4C3=O)[C@@H]3C=Cc4ccccc4N23)c1. The number of ketones is 3. The molecule has 1 aliphatic carbocycles. The summed E-state index contributed by atoms with van der Waals surface area (Å²) in [5, 5.41) is 0. The second-order valence-electron chi connectivity index (χ2n) is 11.0. The van der Waals surface area contributed by atoms with Gasteiger partial charge in [-0.15, -0.1) is 0 Å². The van der Waals surface area contributed by atoms with E-state index in [-0.39, 0.29) is 17.3 Å². The van der Waals surface area contributed by atoms with Gasteiger partial charge in [-0.2, -0.15) is 0 Å². The Bertz CT molecular complexity index is 1810. The first kappa shape index (κ1) is 26.7. The highest BCUT2D eigenvalue weighted by molar-refractivity contribution is 6.32. The molecule has 0 saturated carbocycles. The molecule has 0 aromatic heterocycles. The van der Waals surface area contributed by atoms with Crippen molar-refractivity contribution in [3.63, 3.8) is 0 Å². The van der Waals surface area contributed by atoms with E-state index in [1.54, 1.807) is 88.1 Å². The fourth-order valence-electron chi connectivity index (χ4n) is 7.29. The van der Waals surface area contributed by atoms with Gasteiger partial charge in [0.1, 0.15) is 28.7 Å². The minimum atomic E-state index is -1.65. The maximum Gasteiger partial charge on any atom is 0.186 e. The molecule has 214 valence electrons. The summed E-state index contributed by atoms with van der Waals surface area (Å²) in [6, 6.07) is 25.3. The molecular formula is C36H29NO6. The van der Waals surface area contributed by atoms with Crippen molar-refractivity contribution in [2.75, 3.05) is 26.2 Å². The van der Waals surface area contributed by atoms with Crippen molar-refractivity contribution in [1.29, 1.82) is 0 Å². The number of benzene rings is 4. The summed E-state index contributed by atoms with van der Waals surface area (Å²) in [5.74, 6) is -0.255. The molecule has 4 aromatic carbocycles. The number of hydrogen-bond donors (Lipinski definition) is 0. The number of methoxy groups -OCH3 is 3. The second kappa shape index (κ2) is 9.98. The van der Waals surface area contributed by atoms with Crippen molar-refractivity contribution in [2.45, 2.75) is 18.0 Å². The van der Waals surface area contributed by atoms with Gasteiger partial charge in [0, 0.05) is 33.9 Å². The summed E-state index contributed by atoms with van der Waals surface area (Å²) < 4.78 is 16.9. The lowest BCUT2D eigenvalue weighted by Crippen LogP contribution is -2.48. The van der Waals surface area contributed by atoms with E-state index in [1.165, 1.54) is 0 Å². The summed E-state index contributed by atoms with van der Waals surface area (Å²) in [6.07, 6.45) is 3.85. The largest absolute Gasteiger partial charge is 0.497 e. The standard InChI is InChI=1S/C36H29NO6/c1-41-23-11-8-10-22(19-23)33(38)32-31(27-20-24(42-2)16-17-29(27)43-3)36(34(39)25-12-5-6-13-26(25)35(36)40)30-18-15-21-9-4-7-14-28(21)37(30)32/h4-20,30-32H,1-3H3/t30-,31+,32-/m0/s1. The van der Waals surface area contributed by atoms with E-state index in [0.717, 1.165) is 11.3 Å². The third-order valence-corrected chi connectivity index (χ3v) is 9.11. The fraction of sp³-hybridized carbons (Fsp3) is 0.194. The van der Waals surface area contributed by atoms with Gasteiger partial charge in [0.25, 0.3) is 0 Å². The van der Waals surface area contributed by atoms with E-state index in [2.05, 4.69) is 0 Å². The third-order valence-electron chi connectivity index (χ3n) is 9.11. The Balaban J connectivity index is 1.58. The first-order valence-corrected chi connectivity index (χ1v) is 14.1. The number of rotatable bonds is 6. The number of fused-ring (bicyclic) bond motifs is 5. The molecule has 1 saturated heterocycles. The van der Waals surface area contributed by atoms with Crippen molar-refractivity contribution >= 4 is 29.1 Å². The first-order chi connectivity index (χ1) is 20.9. The number of carbonyl (C=O) groups excluding carboxylic acids is 3. The molecule has 0 N–H and O–H groups in total. The molecule has 3 aliphatic rings. The zero-order valence-corrected chi connectivity index (χ0v) is 23.9. The van der Waals surface area contributed by atoms with Gasteiger partial charge in [0.2, 0.25) is 0 Å². The van der Waals surface area contributed by atoms with Crippen molar-refractivity contribution in [2.24, 2.45) is 5.41 Å². The Morgan fingerprint density at radius 2 is 1.42 bits per heavy atom. The molecule has 7 nitrogen and oxygen atoms in total. The topological polar surface area (TPSA) is 82.1 Å². The second-order valence-corrected chi connectivity index (χ2v) is 11.0. The molecule has 2 aliphatic heterocycles. The van der Waals surface area contributed by atoms with Crippen LogP contribution in [-0.4, -0.2) is 50.8 Å². The molecule has 7 heteroatoms. The molecular weight excluding hydrogens is 542 g/mol. The van der Waals surface area contributed by atoms with Crippen LogP contribution in [0.5, 0.6) is 17.2 Å². The summed E-state index contributed by atoms with van der Waals surface area (Å²) >= 11 is 0. The number of nitrogens with zero attached hydrogens (tertiary/aromatic N) is 1. The summed E-state index contributed by atoms with van der Waals surface area (Å²) in [4.78, 5) is 46.6. The van der Waals surface area contributed by atoms with Crippen LogP contribution in [0.3, 0.4) is 0 Å². The van der Waals surface area contributed by atoms with Crippen LogP contribution in [0.2, 0.25) is 0 Å². The summed E-state index contributed by atoms with van der Waals surface area (Å²) in [7, 11) is 4.65. The zero-order valence-electron chi connectivity index (χ0n) is 23.9. The minimum Gasteiger partial charge on any atom is -0.497 e. The van der Waals surface area contributed by atoms with Crippen LogP contribution in [0.4, 0.5) is 5.69 Å². The molecule has 2 heterocycles. The molecule has 0 radical (unpaired) electrons. The van der Waals surface area contributed by atoms with Crippen LogP contribution in [0.1, 0.15) is 48.1 Å². The highest BCUT2D eigenvalue weighted by atomic mass is 16.5. The van der Waals surface area contributed by atoms with Gasteiger partial charge in [0.05, 0.1) is 27.4 Å². The van der Waals surface area contributed by atoms with E-state index in [4.69, 9.17) is 14.2 Å². The average Bonchev–Trinajstić information content (AvgIpc) is 3.50. The van der Waals surface area contributed by atoms with Crippen molar-refractivity contribution in [1.82, 2.24) is 0 Å². The van der Waals surface area contributed by atoms with Gasteiger partial charge >= 0.3 is 0 Å². The zero-order chi connectivity index (χ0) is 29.9. The van der Waals surface area contributed by atoms with Gasteiger partial charge in [0.15, 0.2) is 17.3 Å². The lowest BCUT2D eigenvalue weighted by atomic mass is 9.64. The molecule has 1 fully saturated rings. The van der Waals surface area contributed by atoms with Crippen LogP contribution in [0.15, 0.2) is 97.1 Å². The van der Waals surface area contributed by atoms with Crippen LogP contribution in [-0.2, 0) is 0 Å². The van der Waals surface area contributed by atoms with E-state index in [9.17, 15) is 14.4 Å². The summed E-state index contributed by atoms with van der Waals surface area (Å²) in [6.45, 7) is 0. The van der Waals surface area contributed by atoms with E-state index in [0.29, 0.717) is 39.5 Å². The van der Waals surface area contributed by atoms with Gasteiger partial charge in [-0.3, -0.25) is 14.4 Å². The molecule has 43 heavy (non-hydrogen) atoms. The van der Waals surface area contributed by atoms with Crippen LogP contribution < -0.4 is 19.1 Å². The predicted octanol–water partition coefficient (Wildman–Crippen LogP) is 6.03. The van der Waals surface area contributed by atoms with Gasteiger partial charge < -0.3 is 19.1 Å². The van der Waals surface area contributed by atoms with Gasteiger partial charge in [-0.05, 0) is 42.0 Å². The first-order valence-electron chi connectivity index (χ1n) is 14.1. The van der Waals surface area contributed by atoms with Gasteiger partial charge in [-0.1, -0.05) is 66.7 Å². The quantitative estimate of drug-likeness (QED) is 0.207. The molecule has 0 bridgehead atoms. The van der Waals surface area contributed by atoms with E-state index in [1.807, 2.05) is 41.3 Å². The van der Waals surface area contributed by atoms with Crippen LogP contribution >= 0.6 is 0 Å². The Labute approximate surface area is 249 Å². The number of para-hydroxylation sites is 1. The Kier molecular flexibility index (Phi) is 6.20. The highest BCUT2D eigenvalue weighted by Gasteiger charge is 2.72. The molecule has 0 amide bonds. The lowest BCUT2D eigenvalue weighted by Gasteiger charge is -2.37. The van der Waals surface area contributed by atoms with Crippen molar-refractivity contribution in [3.05, 3.63) is 125 Å². The number of carbonyl (C=O) groups is 3. The lowest BCUT2D eigenvalue weighted by molar-refractivity contribution is 0.0664.